The molecule has 1 fully saturated rings. The molecule has 0 aliphatic carbocycles. The normalized spacial score (nSPS) is 14.3. The quantitative estimate of drug-likeness (QED) is 0.235. The van der Waals surface area contributed by atoms with Crippen molar-refractivity contribution in [3.05, 3.63) is 53.1 Å². The van der Waals surface area contributed by atoms with Crippen molar-refractivity contribution in [2.45, 2.75) is 25.9 Å². The van der Waals surface area contributed by atoms with Crippen molar-refractivity contribution in [3.63, 3.8) is 0 Å². The number of ether oxygens (including phenoxy) is 1. The number of carbonyl (C=O) groups excluding carboxylic acids is 1. The van der Waals surface area contributed by atoms with Crippen LogP contribution in [-0.4, -0.2) is 85.7 Å². The molecule has 3 rings (SSSR count). The van der Waals surface area contributed by atoms with Gasteiger partial charge in [-0.15, -0.1) is 5.48 Å². The Morgan fingerprint density at radius 1 is 1.13 bits per heavy atom. The van der Waals surface area contributed by atoms with E-state index in [9.17, 15) is 23.1 Å². The van der Waals surface area contributed by atoms with Gasteiger partial charge in [0.25, 0.3) is 5.91 Å². The molecule has 2 aromatic rings. The van der Waals surface area contributed by atoms with Crippen molar-refractivity contribution in [3.8, 4) is 11.5 Å². The molecule has 1 aliphatic rings. The van der Waals surface area contributed by atoms with Gasteiger partial charge in [-0.2, -0.15) is 13.2 Å². The molecule has 2 aromatic carbocycles. The lowest BCUT2D eigenvalue weighted by atomic mass is 9.98. The average Bonchev–Trinajstić information content (AvgIpc) is 2.88. The second-order valence-corrected chi connectivity index (χ2v) is 9.44. The summed E-state index contributed by atoms with van der Waals surface area (Å²) in [5.74, 6) is -0.595. The van der Waals surface area contributed by atoms with Gasteiger partial charge >= 0.3 is 12.2 Å². The van der Waals surface area contributed by atoms with Gasteiger partial charge in [0.15, 0.2) is 0 Å². The van der Waals surface area contributed by atoms with Gasteiger partial charge in [-0.25, -0.2) is 10.3 Å². The molecular formula is C26H33F3N6O4. The fourth-order valence-electron chi connectivity index (χ4n) is 4.05. The van der Waals surface area contributed by atoms with Gasteiger partial charge < -0.3 is 24.5 Å². The minimum Gasteiger partial charge on any atom is -0.507 e. The maximum absolute atomic E-state index is 12.9. The largest absolute Gasteiger partial charge is 0.507 e. The Labute approximate surface area is 224 Å². The van der Waals surface area contributed by atoms with E-state index in [0.717, 1.165) is 18.0 Å². The predicted molar refractivity (Wildman–Crippen MR) is 141 cm³/mol. The van der Waals surface area contributed by atoms with E-state index in [-0.39, 0.29) is 28.8 Å². The fraction of sp³-hybridized carbons (Fsp3) is 0.423. The maximum Gasteiger partial charge on any atom is 0.404 e. The zero-order valence-electron chi connectivity index (χ0n) is 22.2. The standard InChI is InChI=1S/C26H33F3N6O4/c1-16(2)19-13-20(21(36)14-22(19)38-4)23(30)35(25(31)39-32-15-26(27,28)29)18-7-5-17(6-8-18)24(37)34-11-9-33(3)10-12-34/h5-8,13-14,16,30-32,36H,9-12,15H2,1-4H3. The van der Waals surface area contributed by atoms with E-state index in [1.165, 1.54) is 43.5 Å². The number of phenols is 1. The van der Waals surface area contributed by atoms with Crippen LogP contribution in [0.25, 0.3) is 0 Å². The van der Waals surface area contributed by atoms with E-state index in [2.05, 4.69) is 4.90 Å². The van der Waals surface area contributed by atoms with Crippen LogP contribution in [0.2, 0.25) is 0 Å². The maximum atomic E-state index is 12.9. The molecule has 10 nitrogen and oxygen atoms in total. The Hall–Kier alpha value is -3.84. The molecule has 39 heavy (non-hydrogen) atoms. The minimum atomic E-state index is -4.59. The van der Waals surface area contributed by atoms with Crippen LogP contribution < -0.4 is 15.1 Å². The van der Waals surface area contributed by atoms with Crippen LogP contribution in [-0.2, 0) is 4.84 Å². The Morgan fingerprint density at radius 2 is 1.74 bits per heavy atom. The van der Waals surface area contributed by atoms with Crippen molar-refractivity contribution in [2.75, 3.05) is 51.8 Å². The number of piperazine rings is 1. The number of amidine groups is 2. The number of rotatable bonds is 7. The van der Waals surface area contributed by atoms with Crippen LogP contribution in [0.5, 0.6) is 11.5 Å². The molecule has 1 amide bonds. The molecule has 0 atom stereocenters. The first-order valence-electron chi connectivity index (χ1n) is 12.2. The highest BCUT2D eigenvalue weighted by Crippen LogP contribution is 2.34. The summed E-state index contributed by atoms with van der Waals surface area (Å²) in [6, 6.07) is 7.97. The second kappa shape index (κ2) is 12.3. The third kappa shape index (κ3) is 7.39. The highest BCUT2D eigenvalue weighted by molar-refractivity contribution is 6.22. The number of carbonyl (C=O) groups is 1. The summed E-state index contributed by atoms with van der Waals surface area (Å²) >= 11 is 0. The number of anilines is 1. The molecule has 0 radical (unpaired) electrons. The van der Waals surface area contributed by atoms with Gasteiger partial charge in [-0.1, -0.05) is 13.8 Å². The number of phenolic OH excluding ortho intramolecular Hbond substituents is 1. The Morgan fingerprint density at radius 3 is 2.28 bits per heavy atom. The zero-order valence-corrected chi connectivity index (χ0v) is 22.2. The van der Waals surface area contributed by atoms with Crippen molar-refractivity contribution >= 4 is 23.5 Å². The molecular weight excluding hydrogens is 517 g/mol. The summed E-state index contributed by atoms with van der Waals surface area (Å²) in [4.78, 5) is 22.5. The molecule has 0 saturated carbocycles. The van der Waals surface area contributed by atoms with Gasteiger partial charge in [0.1, 0.15) is 23.9 Å². The topological polar surface area (TPSA) is 125 Å². The van der Waals surface area contributed by atoms with Crippen LogP contribution in [0, 0.1) is 10.8 Å². The third-order valence-corrected chi connectivity index (χ3v) is 6.26. The first-order chi connectivity index (χ1) is 18.3. The third-order valence-electron chi connectivity index (χ3n) is 6.26. The SMILES string of the molecule is COc1cc(O)c(C(=N)N(C(=N)ONCC(F)(F)F)c2ccc(C(=O)N3CCN(C)CC3)cc2)cc1C(C)C. The van der Waals surface area contributed by atoms with E-state index in [0.29, 0.717) is 30.0 Å². The van der Waals surface area contributed by atoms with Crippen LogP contribution in [0.3, 0.4) is 0 Å². The number of hydrogen-bond donors (Lipinski definition) is 4. The smallest absolute Gasteiger partial charge is 0.404 e. The van der Waals surface area contributed by atoms with E-state index < -0.39 is 24.6 Å². The van der Waals surface area contributed by atoms with Gasteiger partial charge in [-0.3, -0.25) is 10.2 Å². The summed E-state index contributed by atoms with van der Waals surface area (Å²) < 4.78 is 43.2. The number of halogens is 3. The van der Waals surface area contributed by atoms with E-state index >= 15 is 0 Å². The van der Waals surface area contributed by atoms with E-state index in [1.807, 2.05) is 20.9 Å². The number of hydroxylamine groups is 1. The molecule has 13 heteroatoms. The number of likely N-dealkylation sites (N-methyl/N-ethyl adjacent to an activating group) is 1. The summed E-state index contributed by atoms with van der Waals surface area (Å²) in [6.45, 7) is 4.90. The number of aromatic hydroxyl groups is 1. The average molecular weight is 551 g/mol. The number of methoxy groups -OCH3 is 1. The van der Waals surface area contributed by atoms with E-state index in [1.54, 1.807) is 10.4 Å². The molecule has 4 N–H and O–H groups in total. The van der Waals surface area contributed by atoms with Crippen molar-refractivity contribution in [2.24, 2.45) is 0 Å². The number of hydrogen-bond acceptors (Lipinski definition) is 8. The molecule has 0 bridgehead atoms. The zero-order chi connectivity index (χ0) is 28.9. The van der Waals surface area contributed by atoms with Gasteiger partial charge in [0.05, 0.1) is 18.4 Å². The number of benzene rings is 2. The van der Waals surface area contributed by atoms with Crippen LogP contribution >= 0.6 is 0 Å². The summed E-state index contributed by atoms with van der Waals surface area (Å²) in [6.07, 6.45) is -4.59. The first kappa shape index (κ1) is 29.7. The highest BCUT2D eigenvalue weighted by atomic mass is 19.4. The van der Waals surface area contributed by atoms with Gasteiger partial charge in [0, 0.05) is 37.8 Å². The lowest BCUT2D eigenvalue weighted by Gasteiger charge is -2.32. The minimum absolute atomic E-state index is 0.00117. The molecule has 0 unspecified atom stereocenters. The number of nitrogens with one attached hydrogen (secondary N) is 3. The summed E-state index contributed by atoms with van der Waals surface area (Å²) in [7, 11) is 3.42. The Bertz CT molecular complexity index is 1200. The number of alkyl halides is 3. The molecule has 212 valence electrons. The number of amides is 1. The van der Waals surface area contributed by atoms with Crippen LogP contribution in [0.15, 0.2) is 36.4 Å². The van der Waals surface area contributed by atoms with Crippen molar-refractivity contribution in [1.29, 1.82) is 10.8 Å². The molecule has 1 aliphatic heterocycles. The lowest BCUT2D eigenvalue weighted by molar-refractivity contribution is -0.139. The first-order valence-corrected chi connectivity index (χ1v) is 12.2. The highest BCUT2D eigenvalue weighted by Gasteiger charge is 2.30. The number of nitrogens with zero attached hydrogens (tertiary/aromatic N) is 3. The molecule has 1 heterocycles. The lowest BCUT2D eigenvalue weighted by Crippen LogP contribution is -2.47. The molecule has 1 saturated heterocycles. The predicted octanol–water partition coefficient (Wildman–Crippen LogP) is 3.76. The summed E-state index contributed by atoms with van der Waals surface area (Å²) in [5.41, 5.74) is 2.90. The van der Waals surface area contributed by atoms with Crippen LogP contribution in [0.1, 0.15) is 41.3 Å². The molecule has 0 spiro atoms. The Balaban J connectivity index is 1.94. The van der Waals surface area contributed by atoms with E-state index in [4.69, 9.17) is 20.4 Å². The molecule has 0 aromatic heterocycles. The van der Waals surface area contributed by atoms with Crippen LogP contribution in [0.4, 0.5) is 18.9 Å². The van der Waals surface area contributed by atoms with Crippen molar-refractivity contribution in [1.82, 2.24) is 15.3 Å². The van der Waals surface area contributed by atoms with Gasteiger partial charge in [0.2, 0.25) is 0 Å². The monoisotopic (exact) mass is 550 g/mol. The van der Waals surface area contributed by atoms with Gasteiger partial charge in [-0.05, 0) is 48.9 Å². The second-order valence-electron chi connectivity index (χ2n) is 9.44. The summed E-state index contributed by atoms with van der Waals surface area (Å²) in [5, 5.41) is 27.8. The Kier molecular flexibility index (Phi) is 9.41. The van der Waals surface area contributed by atoms with Crippen molar-refractivity contribution < 1.29 is 32.6 Å². The fourth-order valence-corrected chi connectivity index (χ4v) is 4.05.